The third kappa shape index (κ3) is 3.15. The fourth-order valence-corrected chi connectivity index (χ4v) is 3.25. The molecule has 2 amide bonds. The van der Waals surface area contributed by atoms with Crippen LogP contribution in [-0.4, -0.2) is 25.2 Å². The lowest BCUT2D eigenvalue weighted by Gasteiger charge is -2.14. The number of hydrogen-bond acceptors (Lipinski definition) is 4. The minimum atomic E-state index is -0.319. The van der Waals surface area contributed by atoms with Crippen LogP contribution in [0.25, 0.3) is 0 Å². The van der Waals surface area contributed by atoms with E-state index in [1.54, 1.807) is 18.2 Å². The summed E-state index contributed by atoms with van der Waals surface area (Å²) < 4.78 is 10.5. The second kappa shape index (κ2) is 6.47. The Morgan fingerprint density at radius 1 is 1.08 bits per heavy atom. The van der Waals surface area contributed by atoms with Crippen molar-refractivity contribution in [2.24, 2.45) is 0 Å². The molecular formula is C19H18N2O4. The van der Waals surface area contributed by atoms with Crippen LogP contribution in [-0.2, 0) is 11.2 Å². The normalized spacial score (nSPS) is 17.0. The molecule has 6 heteroatoms. The van der Waals surface area contributed by atoms with E-state index in [2.05, 4.69) is 16.7 Å². The van der Waals surface area contributed by atoms with E-state index in [0.717, 1.165) is 18.4 Å². The van der Waals surface area contributed by atoms with E-state index in [0.29, 0.717) is 17.1 Å². The summed E-state index contributed by atoms with van der Waals surface area (Å²) in [4.78, 5) is 24.4. The third-order valence-electron chi connectivity index (χ3n) is 4.51. The lowest BCUT2D eigenvalue weighted by atomic mass is 10.1. The van der Waals surface area contributed by atoms with Gasteiger partial charge >= 0.3 is 0 Å². The van der Waals surface area contributed by atoms with Crippen LogP contribution in [0.15, 0.2) is 42.5 Å². The van der Waals surface area contributed by atoms with Gasteiger partial charge in [0, 0.05) is 5.56 Å². The molecule has 2 aliphatic rings. The topological polar surface area (TPSA) is 76.7 Å². The smallest absolute Gasteiger partial charge is 0.251 e. The van der Waals surface area contributed by atoms with E-state index in [1.165, 1.54) is 5.56 Å². The molecule has 6 nitrogen and oxygen atoms in total. The minimum absolute atomic E-state index is 0.0196. The molecule has 0 fully saturated rings. The van der Waals surface area contributed by atoms with Gasteiger partial charge in [0.05, 0.1) is 12.6 Å². The highest BCUT2D eigenvalue weighted by molar-refractivity contribution is 5.97. The molecule has 1 unspecified atom stereocenters. The predicted molar refractivity (Wildman–Crippen MR) is 90.5 cm³/mol. The Morgan fingerprint density at radius 3 is 2.84 bits per heavy atom. The van der Waals surface area contributed by atoms with E-state index >= 15 is 0 Å². The monoisotopic (exact) mass is 338 g/mol. The Labute approximate surface area is 145 Å². The molecular weight excluding hydrogens is 320 g/mol. The Hall–Kier alpha value is -3.02. The number of aryl methyl sites for hydroxylation is 1. The predicted octanol–water partition coefficient (Wildman–Crippen LogP) is 1.95. The molecule has 2 N–H and O–H groups in total. The number of benzene rings is 2. The molecule has 0 saturated heterocycles. The number of carbonyl (C=O) groups excluding carboxylic acids is 2. The molecule has 2 aromatic rings. The van der Waals surface area contributed by atoms with Crippen LogP contribution >= 0.6 is 0 Å². The molecule has 128 valence electrons. The van der Waals surface area contributed by atoms with Crippen molar-refractivity contribution in [3.05, 3.63) is 59.2 Å². The number of amides is 2. The van der Waals surface area contributed by atoms with E-state index in [9.17, 15) is 9.59 Å². The summed E-state index contributed by atoms with van der Waals surface area (Å²) in [5.41, 5.74) is 2.87. The first-order valence-corrected chi connectivity index (χ1v) is 8.26. The summed E-state index contributed by atoms with van der Waals surface area (Å²) in [6.45, 7) is 0.0949. The highest BCUT2D eigenvalue weighted by Gasteiger charge is 2.23. The van der Waals surface area contributed by atoms with Gasteiger partial charge in [-0.2, -0.15) is 0 Å². The molecule has 25 heavy (non-hydrogen) atoms. The fourth-order valence-electron chi connectivity index (χ4n) is 3.25. The van der Waals surface area contributed by atoms with Crippen LogP contribution < -0.4 is 20.1 Å². The number of nitrogens with one attached hydrogen (secondary N) is 2. The fraction of sp³-hybridized carbons (Fsp3) is 0.263. The average Bonchev–Trinajstić information content (AvgIpc) is 3.26. The summed E-state index contributed by atoms with van der Waals surface area (Å²) >= 11 is 0. The first-order chi connectivity index (χ1) is 12.2. The molecule has 1 aliphatic heterocycles. The number of carbonyl (C=O) groups is 2. The van der Waals surface area contributed by atoms with E-state index < -0.39 is 0 Å². The van der Waals surface area contributed by atoms with Crippen LogP contribution in [0.3, 0.4) is 0 Å². The van der Waals surface area contributed by atoms with Crippen LogP contribution in [0, 0.1) is 0 Å². The Morgan fingerprint density at radius 2 is 1.92 bits per heavy atom. The summed E-state index contributed by atoms with van der Waals surface area (Å²) in [5.74, 6) is 0.643. The highest BCUT2D eigenvalue weighted by Crippen LogP contribution is 2.32. The number of fused-ring (bicyclic) bond motifs is 2. The Bertz CT molecular complexity index is 834. The van der Waals surface area contributed by atoms with Gasteiger partial charge in [0.2, 0.25) is 12.7 Å². The molecule has 0 saturated carbocycles. The average molecular weight is 338 g/mol. The zero-order chi connectivity index (χ0) is 17.2. The molecule has 0 aromatic heterocycles. The molecule has 0 spiro atoms. The van der Waals surface area contributed by atoms with E-state index in [-0.39, 0.29) is 31.2 Å². The van der Waals surface area contributed by atoms with E-state index in [1.807, 2.05) is 18.2 Å². The van der Waals surface area contributed by atoms with Gasteiger partial charge in [-0.15, -0.1) is 0 Å². The van der Waals surface area contributed by atoms with Gasteiger partial charge in [-0.1, -0.05) is 24.3 Å². The number of ether oxygens (including phenoxy) is 2. The van der Waals surface area contributed by atoms with Gasteiger partial charge in [-0.25, -0.2) is 0 Å². The maximum Gasteiger partial charge on any atom is 0.251 e. The summed E-state index contributed by atoms with van der Waals surface area (Å²) in [6, 6.07) is 13.1. The van der Waals surface area contributed by atoms with Gasteiger partial charge in [-0.05, 0) is 42.2 Å². The van der Waals surface area contributed by atoms with Crippen LogP contribution in [0.4, 0.5) is 0 Å². The molecule has 0 bridgehead atoms. The van der Waals surface area contributed by atoms with Crippen molar-refractivity contribution in [3.8, 4) is 11.5 Å². The van der Waals surface area contributed by atoms with E-state index in [4.69, 9.17) is 9.47 Å². The van der Waals surface area contributed by atoms with Gasteiger partial charge < -0.3 is 20.1 Å². The zero-order valence-corrected chi connectivity index (χ0v) is 13.6. The first kappa shape index (κ1) is 15.5. The number of hydrogen-bond donors (Lipinski definition) is 2. The SMILES string of the molecule is O=C(CNC(=O)c1ccc2c(c1)OCO2)NC1CCc2ccccc21. The standard InChI is InChI=1S/C19H18N2O4/c22-18(21-15-7-5-12-3-1-2-4-14(12)15)10-20-19(23)13-6-8-16-17(9-13)25-11-24-16/h1-4,6,8-9,15H,5,7,10-11H2,(H,20,23)(H,21,22). The molecule has 4 rings (SSSR count). The lowest BCUT2D eigenvalue weighted by molar-refractivity contribution is -0.120. The molecule has 1 aliphatic carbocycles. The molecule has 1 heterocycles. The lowest BCUT2D eigenvalue weighted by Crippen LogP contribution is -2.38. The largest absolute Gasteiger partial charge is 0.454 e. The van der Waals surface area contributed by atoms with Gasteiger partial charge in [-0.3, -0.25) is 9.59 Å². The minimum Gasteiger partial charge on any atom is -0.454 e. The highest BCUT2D eigenvalue weighted by atomic mass is 16.7. The summed E-state index contributed by atoms with van der Waals surface area (Å²) in [6.07, 6.45) is 1.85. The number of rotatable bonds is 4. The summed E-state index contributed by atoms with van der Waals surface area (Å²) in [7, 11) is 0. The van der Waals surface area contributed by atoms with Crippen LogP contribution in [0.5, 0.6) is 11.5 Å². The van der Waals surface area contributed by atoms with Crippen molar-refractivity contribution >= 4 is 11.8 Å². The maximum atomic E-state index is 12.2. The van der Waals surface area contributed by atoms with Crippen molar-refractivity contribution in [3.63, 3.8) is 0 Å². The third-order valence-corrected chi connectivity index (χ3v) is 4.51. The Balaban J connectivity index is 1.32. The second-order valence-electron chi connectivity index (χ2n) is 6.11. The molecule has 2 aromatic carbocycles. The van der Waals surface area contributed by atoms with Crippen molar-refractivity contribution in [1.29, 1.82) is 0 Å². The first-order valence-electron chi connectivity index (χ1n) is 8.26. The summed E-state index contributed by atoms with van der Waals surface area (Å²) in [5, 5.41) is 5.63. The maximum absolute atomic E-state index is 12.2. The Kier molecular flexibility index (Phi) is 4.01. The van der Waals surface area contributed by atoms with Crippen molar-refractivity contribution in [1.82, 2.24) is 10.6 Å². The zero-order valence-electron chi connectivity index (χ0n) is 13.6. The van der Waals surface area contributed by atoms with Crippen LogP contribution in [0.1, 0.15) is 33.9 Å². The van der Waals surface area contributed by atoms with Crippen LogP contribution in [0.2, 0.25) is 0 Å². The van der Waals surface area contributed by atoms with Gasteiger partial charge in [0.25, 0.3) is 5.91 Å². The van der Waals surface area contributed by atoms with Crippen molar-refractivity contribution < 1.29 is 19.1 Å². The van der Waals surface area contributed by atoms with Gasteiger partial charge in [0.15, 0.2) is 11.5 Å². The van der Waals surface area contributed by atoms with Crippen molar-refractivity contribution in [2.45, 2.75) is 18.9 Å². The molecule has 0 radical (unpaired) electrons. The quantitative estimate of drug-likeness (QED) is 0.893. The second-order valence-corrected chi connectivity index (χ2v) is 6.11. The van der Waals surface area contributed by atoms with Crippen molar-refractivity contribution in [2.75, 3.05) is 13.3 Å². The molecule has 1 atom stereocenters. The van der Waals surface area contributed by atoms with Gasteiger partial charge in [0.1, 0.15) is 0 Å².